The lowest BCUT2D eigenvalue weighted by atomic mass is 10.0. The van der Waals surface area contributed by atoms with Crippen LogP contribution in [0.15, 0.2) is 42.5 Å². The lowest BCUT2D eigenvalue weighted by Crippen LogP contribution is -2.41. The number of anilines is 1. The summed E-state index contributed by atoms with van der Waals surface area (Å²) in [5.41, 5.74) is 1.31. The van der Waals surface area contributed by atoms with E-state index < -0.39 is 22.5 Å². The van der Waals surface area contributed by atoms with E-state index in [9.17, 15) is 13.2 Å². The first-order valence-corrected chi connectivity index (χ1v) is 11.6. The predicted molar refractivity (Wildman–Crippen MR) is 118 cm³/mol. The lowest BCUT2D eigenvalue weighted by molar-refractivity contribution is -0.119. The number of amides is 1. The van der Waals surface area contributed by atoms with Gasteiger partial charge in [0.1, 0.15) is 18.9 Å². The summed E-state index contributed by atoms with van der Waals surface area (Å²) < 4.78 is 31.0. The van der Waals surface area contributed by atoms with E-state index in [2.05, 4.69) is 19.2 Å². The van der Waals surface area contributed by atoms with E-state index in [0.717, 1.165) is 21.9 Å². The summed E-state index contributed by atoms with van der Waals surface area (Å²) in [5.74, 6) is 0.615. The Balaban J connectivity index is 1.96. The van der Waals surface area contributed by atoms with Gasteiger partial charge in [-0.15, -0.1) is 0 Å². The van der Waals surface area contributed by atoms with Crippen molar-refractivity contribution in [3.63, 3.8) is 0 Å². The van der Waals surface area contributed by atoms with Crippen molar-refractivity contribution in [1.29, 1.82) is 0 Å². The Bertz CT molecular complexity index is 944. The van der Waals surface area contributed by atoms with Crippen LogP contribution in [0, 0.1) is 0 Å². The van der Waals surface area contributed by atoms with Gasteiger partial charge in [0.2, 0.25) is 15.9 Å². The average Bonchev–Trinajstić information content (AvgIpc) is 2.61. The normalized spacial score (nSPS) is 11.4. The Morgan fingerprint density at radius 1 is 1.14 bits per heavy atom. The van der Waals surface area contributed by atoms with Gasteiger partial charge in [-0.25, -0.2) is 8.42 Å². The second-order valence-electron chi connectivity index (χ2n) is 6.79. The highest BCUT2D eigenvalue weighted by Gasteiger charge is 2.21. The molecule has 2 aromatic carbocycles. The number of hydrogen-bond acceptors (Lipinski definition) is 4. The molecule has 6 nitrogen and oxygen atoms in total. The van der Waals surface area contributed by atoms with E-state index in [0.29, 0.717) is 5.92 Å². The van der Waals surface area contributed by atoms with Gasteiger partial charge in [-0.05, 0) is 35.7 Å². The van der Waals surface area contributed by atoms with Gasteiger partial charge in [0, 0.05) is 10.0 Å². The third kappa shape index (κ3) is 7.10. The molecule has 0 atom stereocenters. The van der Waals surface area contributed by atoms with Crippen LogP contribution in [0.4, 0.5) is 5.69 Å². The Morgan fingerprint density at radius 3 is 2.34 bits per heavy atom. The standard InChI is InChI=1S/C20H24Cl2N2O4S/c1-14(2)18-6-4-5-7-19(18)28-9-8-23-20(25)13-24(29(3,26)27)17-11-15(21)10-16(22)12-17/h4-7,10-12,14H,8-9,13H2,1-3H3,(H,23,25). The molecule has 0 aromatic heterocycles. The van der Waals surface area contributed by atoms with Gasteiger partial charge in [0.15, 0.2) is 0 Å². The third-order valence-electron chi connectivity index (χ3n) is 4.05. The molecule has 2 aromatic rings. The summed E-state index contributed by atoms with van der Waals surface area (Å²) in [5, 5.41) is 3.22. The molecule has 0 aliphatic heterocycles. The van der Waals surface area contributed by atoms with Crippen LogP contribution in [-0.4, -0.2) is 40.3 Å². The molecule has 0 fully saturated rings. The number of ether oxygens (including phenoxy) is 1. The van der Waals surface area contributed by atoms with E-state index in [1.54, 1.807) is 0 Å². The molecule has 0 radical (unpaired) electrons. The van der Waals surface area contributed by atoms with E-state index in [1.807, 2.05) is 24.3 Å². The largest absolute Gasteiger partial charge is 0.491 e. The summed E-state index contributed by atoms with van der Waals surface area (Å²) in [6.45, 7) is 4.26. The maximum Gasteiger partial charge on any atom is 0.240 e. The van der Waals surface area contributed by atoms with Crippen LogP contribution >= 0.6 is 23.2 Å². The van der Waals surface area contributed by atoms with Crippen LogP contribution < -0.4 is 14.4 Å². The monoisotopic (exact) mass is 458 g/mol. The molecule has 29 heavy (non-hydrogen) atoms. The highest BCUT2D eigenvalue weighted by molar-refractivity contribution is 7.92. The van der Waals surface area contributed by atoms with Crippen LogP contribution in [0.3, 0.4) is 0 Å². The molecule has 0 saturated carbocycles. The minimum Gasteiger partial charge on any atom is -0.491 e. The number of sulfonamides is 1. The Morgan fingerprint density at radius 2 is 1.76 bits per heavy atom. The number of carbonyl (C=O) groups excluding carboxylic acids is 1. The molecule has 0 unspecified atom stereocenters. The fraction of sp³-hybridized carbons (Fsp3) is 0.350. The second-order valence-corrected chi connectivity index (χ2v) is 9.57. The van der Waals surface area contributed by atoms with Crippen molar-refractivity contribution in [2.24, 2.45) is 0 Å². The Hall–Kier alpha value is -1.96. The van der Waals surface area contributed by atoms with Crippen LogP contribution in [0.2, 0.25) is 10.0 Å². The van der Waals surface area contributed by atoms with Gasteiger partial charge in [0.05, 0.1) is 18.5 Å². The van der Waals surface area contributed by atoms with Crippen molar-refractivity contribution in [3.05, 3.63) is 58.1 Å². The zero-order valence-electron chi connectivity index (χ0n) is 16.5. The van der Waals surface area contributed by atoms with Crippen molar-refractivity contribution < 1.29 is 17.9 Å². The minimum atomic E-state index is -3.71. The molecule has 0 spiro atoms. The van der Waals surface area contributed by atoms with Crippen molar-refractivity contribution in [2.75, 3.05) is 30.3 Å². The summed E-state index contributed by atoms with van der Waals surface area (Å²) in [7, 11) is -3.71. The molecule has 2 rings (SSSR count). The number of nitrogens with one attached hydrogen (secondary N) is 1. The van der Waals surface area contributed by atoms with Crippen molar-refractivity contribution in [2.45, 2.75) is 19.8 Å². The summed E-state index contributed by atoms with van der Waals surface area (Å²) in [4.78, 5) is 12.3. The molecule has 0 heterocycles. The number of benzene rings is 2. The van der Waals surface area contributed by atoms with Crippen LogP contribution in [-0.2, 0) is 14.8 Å². The van der Waals surface area contributed by atoms with Gasteiger partial charge in [-0.1, -0.05) is 55.2 Å². The number of carbonyl (C=O) groups is 1. The molecular weight excluding hydrogens is 435 g/mol. The number of para-hydroxylation sites is 1. The van der Waals surface area contributed by atoms with Crippen LogP contribution in [0.1, 0.15) is 25.3 Å². The number of halogens is 2. The molecule has 0 aliphatic carbocycles. The first-order valence-electron chi connectivity index (χ1n) is 9.00. The molecule has 0 aliphatic rings. The highest BCUT2D eigenvalue weighted by atomic mass is 35.5. The van der Waals surface area contributed by atoms with Crippen molar-refractivity contribution in [1.82, 2.24) is 5.32 Å². The van der Waals surface area contributed by atoms with Gasteiger partial charge in [-0.2, -0.15) is 0 Å². The van der Waals surface area contributed by atoms with Crippen molar-refractivity contribution >= 4 is 44.8 Å². The lowest BCUT2D eigenvalue weighted by Gasteiger charge is -2.22. The van der Waals surface area contributed by atoms with E-state index in [-0.39, 0.29) is 28.9 Å². The third-order valence-corrected chi connectivity index (χ3v) is 5.62. The first-order chi connectivity index (χ1) is 13.6. The molecule has 9 heteroatoms. The molecule has 1 amide bonds. The van der Waals surface area contributed by atoms with E-state index in [4.69, 9.17) is 27.9 Å². The Kier molecular flexibility index (Phi) is 8.19. The fourth-order valence-electron chi connectivity index (χ4n) is 2.71. The summed E-state index contributed by atoms with van der Waals surface area (Å²) in [6.07, 6.45) is 1.01. The first kappa shape index (κ1) is 23.3. The van der Waals surface area contributed by atoms with E-state index in [1.165, 1.54) is 18.2 Å². The number of hydrogen-bond donors (Lipinski definition) is 1. The second kappa shape index (κ2) is 10.2. The quantitative estimate of drug-likeness (QED) is 0.574. The Labute approximate surface area is 181 Å². The minimum absolute atomic E-state index is 0.224. The van der Waals surface area contributed by atoms with Gasteiger partial charge in [-0.3, -0.25) is 9.10 Å². The van der Waals surface area contributed by atoms with Gasteiger partial charge < -0.3 is 10.1 Å². The zero-order valence-corrected chi connectivity index (χ0v) is 18.8. The summed E-state index contributed by atoms with van der Waals surface area (Å²) >= 11 is 11.9. The average molecular weight is 459 g/mol. The molecule has 1 N–H and O–H groups in total. The zero-order chi connectivity index (χ0) is 21.6. The topological polar surface area (TPSA) is 75.7 Å². The van der Waals surface area contributed by atoms with Crippen LogP contribution in [0.25, 0.3) is 0 Å². The molecule has 158 valence electrons. The molecular formula is C20H24Cl2N2O4S. The van der Waals surface area contributed by atoms with Gasteiger partial charge >= 0.3 is 0 Å². The number of nitrogens with zero attached hydrogens (tertiary/aromatic N) is 1. The molecule has 0 saturated heterocycles. The van der Waals surface area contributed by atoms with Gasteiger partial charge in [0.25, 0.3) is 0 Å². The van der Waals surface area contributed by atoms with Crippen LogP contribution in [0.5, 0.6) is 5.75 Å². The molecule has 0 bridgehead atoms. The smallest absolute Gasteiger partial charge is 0.240 e. The fourth-order valence-corrected chi connectivity index (χ4v) is 4.06. The summed E-state index contributed by atoms with van der Waals surface area (Å²) in [6, 6.07) is 12.1. The van der Waals surface area contributed by atoms with Crippen molar-refractivity contribution in [3.8, 4) is 5.75 Å². The SMILES string of the molecule is CC(C)c1ccccc1OCCNC(=O)CN(c1cc(Cl)cc(Cl)c1)S(C)(=O)=O. The van der Waals surface area contributed by atoms with E-state index >= 15 is 0 Å². The predicted octanol–water partition coefficient (Wildman–Crippen LogP) is 4.08. The maximum absolute atomic E-state index is 12.3. The highest BCUT2D eigenvalue weighted by Crippen LogP contribution is 2.27. The number of rotatable bonds is 9. The maximum atomic E-state index is 12.3.